The van der Waals surface area contributed by atoms with Gasteiger partial charge in [-0.05, 0) is 30.0 Å². The van der Waals surface area contributed by atoms with Gasteiger partial charge in [-0.3, -0.25) is 4.98 Å². The van der Waals surface area contributed by atoms with E-state index in [2.05, 4.69) is 11.1 Å². The Labute approximate surface area is 116 Å². The third kappa shape index (κ3) is 2.78. The average molecular weight is 267 g/mol. The van der Waals surface area contributed by atoms with Gasteiger partial charge in [0.2, 0.25) is 0 Å². The van der Waals surface area contributed by atoms with Gasteiger partial charge in [0, 0.05) is 22.9 Å². The zero-order chi connectivity index (χ0) is 13.7. The van der Waals surface area contributed by atoms with E-state index in [9.17, 15) is 5.26 Å². The average Bonchev–Trinajstić information content (AvgIpc) is 2.49. The second kappa shape index (κ2) is 6.07. The zero-order valence-electron chi connectivity index (χ0n) is 10.5. The first-order valence-corrected chi connectivity index (χ1v) is 6.94. The summed E-state index contributed by atoms with van der Waals surface area (Å²) in [6.45, 7) is 0. The fraction of sp³-hybridized carbons (Fsp3) is 0.0667. The maximum Gasteiger partial charge on any atom is 0.102 e. The lowest BCUT2D eigenvalue weighted by atomic mass is 10.0. The molecule has 2 rings (SSSR count). The lowest BCUT2D eigenvalue weighted by Gasteiger charge is -2.10. The first kappa shape index (κ1) is 13.2. The molecule has 0 atom stereocenters. The molecule has 1 aromatic heterocycles. The fourth-order valence-corrected chi connectivity index (χ4v) is 2.41. The first-order valence-electron chi connectivity index (χ1n) is 5.71. The minimum atomic E-state index is 0.476. The summed E-state index contributed by atoms with van der Waals surface area (Å²) in [5.41, 5.74) is 8.83. The van der Waals surface area contributed by atoms with Crippen LogP contribution in [0.3, 0.4) is 0 Å². The van der Waals surface area contributed by atoms with Gasteiger partial charge in [0.15, 0.2) is 0 Å². The Morgan fingerprint density at radius 3 is 2.53 bits per heavy atom. The Kier molecular flexibility index (Phi) is 4.22. The molecule has 0 spiro atoms. The zero-order valence-corrected chi connectivity index (χ0v) is 11.3. The molecule has 0 saturated heterocycles. The van der Waals surface area contributed by atoms with Gasteiger partial charge in [0.25, 0.3) is 0 Å². The molecule has 0 fully saturated rings. The van der Waals surface area contributed by atoms with E-state index in [-0.39, 0.29) is 0 Å². The molecule has 0 aliphatic rings. The molecule has 0 unspecified atom stereocenters. The van der Waals surface area contributed by atoms with E-state index in [0.717, 1.165) is 16.0 Å². The number of hydrogen-bond acceptors (Lipinski definition) is 4. The monoisotopic (exact) mass is 267 g/mol. The minimum Gasteiger partial charge on any atom is -0.397 e. The Hall–Kier alpha value is -2.25. The summed E-state index contributed by atoms with van der Waals surface area (Å²) >= 11 is 1.61. The topological polar surface area (TPSA) is 62.7 Å². The van der Waals surface area contributed by atoms with Gasteiger partial charge >= 0.3 is 0 Å². The highest BCUT2D eigenvalue weighted by Gasteiger charge is 2.11. The highest BCUT2D eigenvalue weighted by atomic mass is 32.2. The van der Waals surface area contributed by atoms with E-state index in [4.69, 9.17) is 5.73 Å². The van der Waals surface area contributed by atoms with Crippen molar-refractivity contribution >= 4 is 23.0 Å². The summed E-state index contributed by atoms with van der Waals surface area (Å²) in [5, 5.41) is 9.36. The van der Waals surface area contributed by atoms with Crippen LogP contribution < -0.4 is 5.73 Å². The predicted molar refractivity (Wildman–Crippen MR) is 79.1 cm³/mol. The molecule has 2 N–H and O–H groups in total. The fourth-order valence-electron chi connectivity index (χ4n) is 1.80. The van der Waals surface area contributed by atoms with E-state index in [1.165, 1.54) is 0 Å². The van der Waals surface area contributed by atoms with Gasteiger partial charge < -0.3 is 5.73 Å². The number of aromatic nitrogens is 1. The van der Waals surface area contributed by atoms with Gasteiger partial charge in [-0.2, -0.15) is 5.26 Å². The minimum absolute atomic E-state index is 0.476. The van der Waals surface area contributed by atoms with Crippen LogP contribution in [0.2, 0.25) is 0 Å². The van der Waals surface area contributed by atoms with Crippen molar-refractivity contribution in [3.8, 4) is 6.07 Å². The molecule has 0 aliphatic heterocycles. The van der Waals surface area contributed by atoms with Crippen LogP contribution >= 0.6 is 11.8 Å². The third-order valence-electron chi connectivity index (χ3n) is 2.75. The second-order valence-electron chi connectivity index (χ2n) is 3.84. The van der Waals surface area contributed by atoms with Crippen molar-refractivity contribution in [2.75, 3.05) is 6.26 Å². The van der Waals surface area contributed by atoms with Gasteiger partial charge in [0.05, 0.1) is 11.3 Å². The van der Waals surface area contributed by atoms with Crippen LogP contribution in [0.5, 0.6) is 0 Å². The largest absolute Gasteiger partial charge is 0.397 e. The molecule has 3 nitrogen and oxygen atoms in total. The van der Waals surface area contributed by atoms with Crippen LogP contribution in [0.25, 0.3) is 11.3 Å². The lowest BCUT2D eigenvalue weighted by Crippen LogP contribution is -2.02. The molecule has 1 aromatic carbocycles. The van der Waals surface area contributed by atoms with Gasteiger partial charge in [-0.15, -0.1) is 11.8 Å². The SMILES string of the molecule is CSc1ccccc1/C(N)=C(/C#N)c1ccncc1. The normalized spacial score (nSPS) is 11.6. The predicted octanol–water partition coefficient (Wildman–Crippen LogP) is 3.15. The third-order valence-corrected chi connectivity index (χ3v) is 3.54. The smallest absolute Gasteiger partial charge is 0.102 e. The summed E-state index contributed by atoms with van der Waals surface area (Å²) in [4.78, 5) is 5.01. The molecule has 19 heavy (non-hydrogen) atoms. The van der Waals surface area contributed by atoms with Crippen LogP contribution in [0, 0.1) is 11.3 Å². The van der Waals surface area contributed by atoms with Crippen molar-refractivity contribution in [1.29, 1.82) is 5.26 Å². The number of pyridine rings is 1. The molecule has 2 aromatic rings. The van der Waals surface area contributed by atoms with Gasteiger partial charge in [-0.1, -0.05) is 18.2 Å². The molecular weight excluding hydrogens is 254 g/mol. The van der Waals surface area contributed by atoms with Crippen molar-refractivity contribution in [2.45, 2.75) is 4.90 Å². The van der Waals surface area contributed by atoms with Crippen molar-refractivity contribution < 1.29 is 0 Å². The number of hydrogen-bond donors (Lipinski definition) is 1. The van der Waals surface area contributed by atoms with Crippen LogP contribution in [0.15, 0.2) is 53.7 Å². The maximum atomic E-state index is 9.36. The summed E-state index contributed by atoms with van der Waals surface area (Å²) in [5.74, 6) is 0. The van der Waals surface area contributed by atoms with Crippen LogP contribution in [0.1, 0.15) is 11.1 Å². The molecule has 0 bridgehead atoms. The van der Waals surface area contributed by atoms with Crippen molar-refractivity contribution in [3.05, 3.63) is 59.9 Å². The summed E-state index contributed by atoms with van der Waals surface area (Å²) < 4.78 is 0. The van der Waals surface area contributed by atoms with Crippen LogP contribution in [-0.4, -0.2) is 11.2 Å². The standard InChI is InChI=1S/C15H13N3S/c1-19-14-5-3-2-4-12(14)15(17)13(10-16)11-6-8-18-9-7-11/h2-9H,17H2,1H3/b15-13+. The summed E-state index contributed by atoms with van der Waals surface area (Å²) in [6.07, 6.45) is 5.30. The number of nitriles is 1. The number of benzene rings is 1. The highest BCUT2D eigenvalue weighted by molar-refractivity contribution is 7.98. The number of nitrogens with zero attached hydrogens (tertiary/aromatic N) is 2. The van der Waals surface area contributed by atoms with Gasteiger partial charge in [0.1, 0.15) is 6.07 Å². The second-order valence-corrected chi connectivity index (χ2v) is 4.68. The number of allylic oxidation sites excluding steroid dienone is 1. The molecule has 0 radical (unpaired) electrons. The molecule has 1 heterocycles. The summed E-state index contributed by atoms with van der Waals surface area (Å²) in [7, 11) is 0. The number of rotatable bonds is 3. The molecule has 94 valence electrons. The van der Waals surface area contributed by atoms with Crippen molar-refractivity contribution in [3.63, 3.8) is 0 Å². The Morgan fingerprint density at radius 1 is 1.21 bits per heavy atom. The molecule has 0 aliphatic carbocycles. The van der Waals surface area contributed by atoms with E-state index in [1.54, 1.807) is 36.3 Å². The number of thioether (sulfide) groups is 1. The Balaban J connectivity index is 2.59. The molecule has 0 amide bonds. The molecular formula is C15H13N3S. The van der Waals surface area contributed by atoms with E-state index in [1.807, 2.05) is 30.5 Å². The quantitative estimate of drug-likeness (QED) is 0.685. The Morgan fingerprint density at radius 2 is 1.89 bits per heavy atom. The summed E-state index contributed by atoms with van der Waals surface area (Å²) in [6, 6.07) is 13.6. The van der Waals surface area contributed by atoms with Gasteiger partial charge in [-0.25, -0.2) is 0 Å². The molecule has 0 saturated carbocycles. The van der Waals surface area contributed by atoms with Crippen molar-refractivity contribution in [2.24, 2.45) is 5.73 Å². The van der Waals surface area contributed by atoms with E-state index < -0.39 is 0 Å². The lowest BCUT2D eigenvalue weighted by molar-refractivity contribution is 1.31. The maximum absolute atomic E-state index is 9.36. The number of nitrogens with two attached hydrogens (primary N) is 1. The highest BCUT2D eigenvalue weighted by Crippen LogP contribution is 2.28. The van der Waals surface area contributed by atoms with Crippen LogP contribution in [-0.2, 0) is 0 Å². The van der Waals surface area contributed by atoms with Crippen LogP contribution in [0.4, 0.5) is 0 Å². The van der Waals surface area contributed by atoms with Crippen molar-refractivity contribution in [1.82, 2.24) is 4.98 Å². The first-order chi connectivity index (χ1) is 9.27. The Bertz CT molecular complexity index is 642. The van der Waals surface area contributed by atoms with E-state index >= 15 is 0 Å². The molecule has 4 heteroatoms. The van der Waals surface area contributed by atoms with E-state index in [0.29, 0.717) is 11.3 Å².